The summed E-state index contributed by atoms with van der Waals surface area (Å²) >= 11 is 2.14. The van der Waals surface area contributed by atoms with Crippen LogP contribution < -0.4 is 5.32 Å². The Hall–Kier alpha value is 0.270. The van der Waals surface area contributed by atoms with E-state index in [1.54, 1.807) is 0 Å². The molecule has 0 aromatic carbocycles. The van der Waals surface area contributed by atoms with Crippen molar-refractivity contribution in [1.82, 2.24) is 10.2 Å². The van der Waals surface area contributed by atoms with Crippen LogP contribution in [0.4, 0.5) is 0 Å². The Bertz CT molecular complexity index is 221. The summed E-state index contributed by atoms with van der Waals surface area (Å²) in [5, 5.41) is 5.20. The van der Waals surface area contributed by atoms with Crippen molar-refractivity contribution >= 4 is 11.8 Å². The molecule has 0 radical (unpaired) electrons. The molecule has 2 nitrogen and oxygen atoms in total. The highest BCUT2D eigenvalue weighted by molar-refractivity contribution is 8.00. The van der Waals surface area contributed by atoms with Crippen molar-refractivity contribution < 1.29 is 0 Å². The van der Waals surface area contributed by atoms with E-state index in [1.807, 2.05) is 0 Å². The molecule has 3 unspecified atom stereocenters. The highest BCUT2D eigenvalue weighted by Crippen LogP contribution is 2.27. The smallest absolute Gasteiger partial charge is 0.0244 e. The first kappa shape index (κ1) is 16.3. The van der Waals surface area contributed by atoms with E-state index in [2.05, 4.69) is 63.5 Å². The van der Waals surface area contributed by atoms with Gasteiger partial charge in [0, 0.05) is 36.2 Å². The van der Waals surface area contributed by atoms with Gasteiger partial charge in [-0.25, -0.2) is 0 Å². The average Bonchev–Trinajstić information content (AvgIpc) is 2.21. The molecule has 0 spiro atoms. The monoisotopic (exact) mass is 272 g/mol. The van der Waals surface area contributed by atoms with Crippen molar-refractivity contribution in [2.75, 3.05) is 26.2 Å². The Morgan fingerprint density at radius 2 is 1.61 bits per heavy atom. The molecule has 0 aromatic rings. The molecule has 0 bridgehead atoms. The SMILES string of the molecule is CC(C)CNCC(C(C)C)N1CC(C)SC(C)C1. The molecule has 0 aliphatic carbocycles. The zero-order valence-electron chi connectivity index (χ0n) is 13.1. The zero-order chi connectivity index (χ0) is 13.7. The van der Waals surface area contributed by atoms with E-state index in [-0.39, 0.29) is 0 Å². The molecule has 1 N–H and O–H groups in total. The maximum atomic E-state index is 3.64. The van der Waals surface area contributed by atoms with Crippen LogP contribution in [0.25, 0.3) is 0 Å². The number of rotatable bonds is 6. The van der Waals surface area contributed by atoms with Gasteiger partial charge in [-0.15, -0.1) is 0 Å². The third-order valence-electron chi connectivity index (χ3n) is 3.59. The fourth-order valence-corrected chi connectivity index (χ4v) is 4.14. The minimum atomic E-state index is 0.689. The van der Waals surface area contributed by atoms with Crippen molar-refractivity contribution in [2.24, 2.45) is 11.8 Å². The maximum Gasteiger partial charge on any atom is 0.0244 e. The van der Waals surface area contributed by atoms with Gasteiger partial charge in [0.2, 0.25) is 0 Å². The summed E-state index contributed by atoms with van der Waals surface area (Å²) < 4.78 is 0. The first-order valence-electron chi connectivity index (χ1n) is 7.50. The van der Waals surface area contributed by atoms with Gasteiger partial charge in [0.1, 0.15) is 0 Å². The van der Waals surface area contributed by atoms with Crippen LogP contribution in [0.3, 0.4) is 0 Å². The van der Waals surface area contributed by atoms with Gasteiger partial charge in [0.25, 0.3) is 0 Å². The second-order valence-electron chi connectivity index (χ2n) is 6.57. The molecule has 0 amide bonds. The number of hydrogen-bond donors (Lipinski definition) is 1. The third-order valence-corrected chi connectivity index (χ3v) is 4.82. The molecule has 1 fully saturated rings. The van der Waals surface area contributed by atoms with Crippen molar-refractivity contribution in [3.63, 3.8) is 0 Å². The molecule has 1 rings (SSSR count). The van der Waals surface area contributed by atoms with Crippen molar-refractivity contribution in [1.29, 1.82) is 0 Å². The number of nitrogens with one attached hydrogen (secondary N) is 1. The van der Waals surface area contributed by atoms with Crippen molar-refractivity contribution in [3.8, 4) is 0 Å². The van der Waals surface area contributed by atoms with Crippen LogP contribution in [-0.2, 0) is 0 Å². The Balaban J connectivity index is 2.49. The van der Waals surface area contributed by atoms with Crippen LogP contribution in [0.15, 0.2) is 0 Å². The van der Waals surface area contributed by atoms with Crippen LogP contribution in [-0.4, -0.2) is 47.6 Å². The summed E-state index contributed by atoms with van der Waals surface area (Å²) in [6.07, 6.45) is 0. The van der Waals surface area contributed by atoms with Crippen molar-refractivity contribution in [3.05, 3.63) is 0 Å². The van der Waals surface area contributed by atoms with Crippen LogP contribution in [0.5, 0.6) is 0 Å². The molecule has 0 aromatic heterocycles. The molecule has 1 saturated heterocycles. The highest BCUT2D eigenvalue weighted by Gasteiger charge is 2.29. The van der Waals surface area contributed by atoms with E-state index in [1.165, 1.54) is 13.1 Å². The topological polar surface area (TPSA) is 15.3 Å². The summed E-state index contributed by atoms with van der Waals surface area (Å²) in [7, 11) is 0. The quantitative estimate of drug-likeness (QED) is 0.800. The van der Waals surface area contributed by atoms with Gasteiger partial charge >= 0.3 is 0 Å². The minimum Gasteiger partial charge on any atom is -0.315 e. The highest BCUT2D eigenvalue weighted by atomic mass is 32.2. The molecule has 18 heavy (non-hydrogen) atoms. The molecule has 3 heteroatoms. The van der Waals surface area contributed by atoms with E-state index < -0.39 is 0 Å². The minimum absolute atomic E-state index is 0.689. The number of thioether (sulfide) groups is 1. The van der Waals surface area contributed by atoms with Gasteiger partial charge in [-0.2, -0.15) is 11.8 Å². The van der Waals surface area contributed by atoms with Crippen LogP contribution >= 0.6 is 11.8 Å². The second-order valence-corrected chi connectivity index (χ2v) is 8.46. The summed E-state index contributed by atoms with van der Waals surface area (Å²) in [5.41, 5.74) is 0. The van der Waals surface area contributed by atoms with Gasteiger partial charge in [-0.1, -0.05) is 41.5 Å². The Morgan fingerprint density at radius 3 is 2.06 bits per heavy atom. The zero-order valence-corrected chi connectivity index (χ0v) is 13.9. The first-order valence-corrected chi connectivity index (χ1v) is 8.44. The molecule has 1 aliphatic rings. The Kier molecular flexibility index (Phi) is 7.04. The average molecular weight is 273 g/mol. The third kappa shape index (κ3) is 5.50. The molecule has 3 atom stereocenters. The van der Waals surface area contributed by atoms with E-state index in [0.717, 1.165) is 35.4 Å². The van der Waals surface area contributed by atoms with Gasteiger partial charge in [0.05, 0.1) is 0 Å². The van der Waals surface area contributed by atoms with Gasteiger partial charge < -0.3 is 5.32 Å². The van der Waals surface area contributed by atoms with Gasteiger partial charge in [-0.3, -0.25) is 4.90 Å². The Labute approximate surface area is 118 Å². The van der Waals surface area contributed by atoms with Crippen LogP contribution in [0, 0.1) is 11.8 Å². The predicted molar refractivity (Wildman–Crippen MR) is 84.4 cm³/mol. The first-order chi connectivity index (χ1) is 8.40. The lowest BCUT2D eigenvalue weighted by molar-refractivity contribution is 0.148. The fourth-order valence-electron chi connectivity index (χ4n) is 2.79. The van der Waals surface area contributed by atoms with E-state index in [0.29, 0.717) is 6.04 Å². The number of hydrogen-bond acceptors (Lipinski definition) is 3. The maximum absolute atomic E-state index is 3.64. The summed E-state index contributed by atoms with van der Waals surface area (Å²) in [6.45, 7) is 18.8. The van der Waals surface area contributed by atoms with Crippen LogP contribution in [0.1, 0.15) is 41.5 Å². The lowest BCUT2D eigenvalue weighted by Crippen LogP contribution is -2.52. The predicted octanol–water partition coefficient (Wildman–Crippen LogP) is 3.08. The normalized spacial score (nSPS) is 28.0. The lowest BCUT2D eigenvalue weighted by atomic mass is 10.0. The molecule has 0 saturated carbocycles. The summed E-state index contributed by atoms with van der Waals surface area (Å²) in [4.78, 5) is 2.71. The van der Waals surface area contributed by atoms with Crippen molar-refractivity contribution in [2.45, 2.75) is 58.1 Å². The fraction of sp³-hybridized carbons (Fsp3) is 1.00. The second kappa shape index (κ2) is 7.76. The van der Waals surface area contributed by atoms with E-state index >= 15 is 0 Å². The molecule has 1 aliphatic heterocycles. The molecule has 1 heterocycles. The molecular weight excluding hydrogens is 240 g/mol. The summed E-state index contributed by atoms with van der Waals surface area (Å²) in [5.74, 6) is 1.47. The summed E-state index contributed by atoms with van der Waals surface area (Å²) in [6, 6.07) is 0.689. The number of nitrogens with zero attached hydrogens (tertiary/aromatic N) is 1. The largest absolute Gasteiger partial charge is 0.315 e. The lowest BCUT2D eigenvalue weighted by Gasteiger charge is -2.41. The molecule has 108 valence electrons. The van der Waals surface area contributed by atoms with E-state index in [9.17, 15) is 0 Å². The standard InChI is InChI=1S/C15H32N2S/c1-11(2)7-16-8-15(12(3)4)17-9-13(5)18-14(6)10-17/h11-16H,7-10H2,1-6H3. The van der Waals surface area contributed by atoms with Gasteiger partial charge in [-0.05, 0) is 18.4 Å². The molecular formula is C15H32N2S. The van der Waals surface area contributed by atoms with E-state index in [4.69, 9.17) is 0 Å². The van der Waals surface area contributed by atoms with Gasteiger partial charge in [0.15, 0.2) is 0 Å². The van der Waals surface area contributed by atoms with Crippen LogP contribution in [0.2, 0.25) is 0 Å². The Morgan fingerprint density at radius 1 is 1.06 bits per heavy atom.